The number of carbonyl (C=O) groups excluding carboxylic acids is 2. The van der Waals surface area contributed by atoms with E-state index in [-0.39, 0.29) is 11.8 Å². The summed E-state index contributed by atoms with van der Waals surface area (Å²) >= 11 is 6.07. The van der Waals surface area contributed by atoms with Gasteiger partial charge in [0.1, 0.15) is 0 Å². The predicted molar refractivity (Wildman–Crippen MR) is 84.7 cm³/mol. The molecule has 21 heavy (non-hydrogen) atoms. The largest absolute Gasteiger partial charge is 0.465 e. The second-order valence-electron chi connectivity index (χ2n) is 4.92. The fraction of sp³-hybridized carbons (Fsp3) is 0.500. The van der Waals surface area contributed by atoms with E-state index in [1.165, 1.54) is 7.11 Å². The molecule has 1 aromatic rings. The maximum absolute atomic E-state index is 12.3. The van der Waals surface area contributed by atoms with Crippen molar-refractivity contribution in [2.45, 2.75) is 39.5 Å². The minimum Gasteiger partial charge on any atom is -0.465 e. The van der Waals surface area contributed by atoms with E-state index in [2.05, 4.69) is 17.0 Å². The number of rotatable bonds is 7. The minimum atomic E-state index is -0.458. The van der Waals surface area contributed by atoms with E-state index in [0.717, 1.165) is 25.7 Å². The zero-order chi connectivity index (χ0) is 15.8. The molecule has 1 aromatic carbocycles. The van der Waals surface area contributed by atoms with Crippen LogP contribution >= 0.6 is 11.6 Å². The molecular weight excluding hydrogens is 290 g/mol. The van der Waals surface area contributed by atoms with Crippen molar-refractivity contribution in [1.82, 2.24) is 0 Å². The number of ether oxygens (including phenoxy) is 1. The highest BCUT2D eigenvalue weighted by atomic mass is 35.5. The van der Waals surface area contributed by atoms with Crippen LogP contribution in [-0.4, -0.2) is 19.0 Å². The average Bonchev–Trinajstić information content (AvgIpc) is 2.49. The minimum absolute atomic E-state index is 0.0391. The molecule has 1 atom stereocenters. The number of unbranched alkanes of at least 4 members (excludes halogenated alkanes) is 1. The van der Waals surface area contributed by atoms with Crippen LogP contribution in [0.15, 0.2) is 18.2 Å². The van der Waals surface area contributed by atoms with Crippen molar-refractivity contribution in [2.75, 3.05) is 12.4 Å². The number of benzene rings is 1. The molecule has 0 saturated carbocycles. The first-order valence-corrected chi connectivity index (χ1v) is 7.59. The van der Waals surface area contributed by atoms with E-state index in [4.69, 9.17) is 11.6 Å². The molecule has 0 aliphatic heterocycles. The Labute approximate surface area is 130 Å². The van der Waals surface area contributed by atoms with E-state index >= 15 is 0 Å². The first kappa shape index (κ1) is 17.5. The lowest BCUT2D eigenvalue weighted by Crippen LogP contribution is -2.22. The number of methoxy groups -OCH3 is 1. The van der Waals surface area contributed by atoms with Crippen LogP contribution in [0.4, 0.5) is 5.69 Å². The number of esters is 1. The van der Waals surface area contributed by atoms with E-state index in [0.29, 0.717) is 16.3 Å². The van der Waals surface area contributed by atoms with Crippen molar-refractivity contribution in [2.24, 2.45) is 5.92 Å². The molecule has 0 radical (unpaired) electrons. The Morgan fingerprint density at radius 2 is 2.05 bits per heavy atom. The molecule has 0 fully saturated rings. The molecule has 0 heterocycles. The summed E-state index contributed by atoms with van der Waals surface area (Å²) in [6, 6.07) is 4.69. The van der Waals surface area contributed by atoms with Crippen LogP contribution in [0.25, 0.3) is 0 Å². The van der Waals surface area contributed by atoms with Gasteiger partial charge in [-0.15, -0.1) is 0 Å². The summed E-state index contributed by atoms with van der Waals surface area (Å²) in [5, 5.41) is 3.21. The number of amides is 1. The lowest BCUT2D eigenvalue weighted by Gasteiger charge is -2.15. The average molecular weight is 312 g/mol. The second kappa shape index (κ2) is 8.67. The summed E-state index contributed by atoms with van der Waals surface area (Å²) in [6.07, 6.45) is 3.71. The highest BCUT2D eigenvalue weighted by molar-refractivity contribution is 6.33. The highest BCUT2D eigenvalue weighted by Gasteiger charge is 2.18. The maximum atomic E-state index is 12.3. The summed E-state index contributed by atoms with van der Waals surface area (Å²) in [6.45, 7) is 4.09. The molecule has 1 N–H and O–H groups in total. The third-order valence-electron chi connectivity index (χ3n) is 3.42. The lowest BCUT2D eigenvalue weighted by atomic mass is 9.98. The number of hydrogen-bond acceptors (Lipinski definition) is 3. The van der Waals surface area contributed by atoms with E-state index in [1.807, 2.05) is 6.92 Å². The Kier molecular flexibility index (Phi) is 7.23. The van der Waals surface area contributed by atoms with Crippen molar-refractivity contribution < 1.29 is 14.3 Å². The number of nitrogens with one attached hydrogen (secondary N) is 1. The number of anilines is 1. The van der Waals surface area contributed by atoms with Crippen LogP contribution < -0.4 is 5.32 Å². The molecule has 0 spiro atoms. The normalized spacial score (nSPS) is 11.8. The van der Waals surface area contributed by atoms with E-state index in [1.54, 1.807) is 18.2 Å². The first-order chi connectivity index (χ1) is 10.0. The first-order valence-electron chi connectivity index (χ1n) is 7.22. The van der Waals surface area contributed by atoms with Crippen molar-refractivity contribution in [3.8, 4) is 0 Å². The van der Waals surface area contributed by atoms with Gasteiger partial charge in [-0.3, -0.25) is 4.79 Å². The third kappa shape index (κ3) is 5.05. The van der Waals surface area contributed by atoms with Crippen molar-refractivity contribution in [3.63, 3.8) is 0 Å². The van der Waals surface area contributed by atoms with Gasteiger partial charge in [-0.1, -0.05) is 38.3 Å². The molecule has 0 aliphatic carbocycles. The fourth-order valence-corrected chi connectivity index (χ4v) is 2.24. The van der Waals surface area contributed by atoms with Gasteiger partial charge in [-0.2, -0.15) is 0 Å². The standard InChI is InChI=1S/C16H22ClNO3/c1-4-6-7-11(5-2)15(19)18-14-10-12(16(20)21-3)8-9-13(14)17/h8-11H,4-7H2,1-3H3,(H,18,19)/t11-/m1/s1. The van der Waals surface area contributed by atoms with E-state index < -0.39 is 5.97 Å². The number of halogens is 1. The molecule has 0 bridgehead atoms. The van der Waals surface area contributed by atoms with Crippen LogP contribution in [0, 0.1) is 5.92 Å². The quantitative estimate of drug-likeness (QED) is 0.765. The smallest absolute Gasteiger partial charge is 0.337 e. The Hall–Kier alpha value is -1.55. The van der Waals surface area contributed by atoms with Crippen molar-refractivity contribution in [1.29, 1.82) is 0 Å². The van der Waals surface area contributed by atoms with Crippen LogP contribution in [-0.2, 0) is 9.53 Å². The molecule has 1 amide bonds. The van der Waals surface area contributed by atoms with Gasteiger partial charge in [-0.05, 0) is 31.0 Å². The summed E-state index contributed by atoms with van der Waals surface area (Å²) in [5.41, 5.74) is 0.804. The molecule has 5 heteroatoms. The summed E-state index contributed by atoms with van der Waals surface area (Å²) in [4.78, 5) is 23.8. The number of hydrogen-bond donors (Lipinski definition) is 1. The molecule has 0 aliphatic rings. The SMILES string of the molecule is CCCC[C@@H](CC)C(=O)Nc1cc(C(=O)OC)ccc1Cl. The van der Waals surface area contributed by atoms with Gasteiger partial charge in [0.2, 0.25) is 5.91 Å². The second-order valence-corrected chi connectivity index (χ2v) is 5.33. The Balaban J connectivity index is 2.85. The van der Waals surface area contributed by atoms with Gasteiger partial charge in [0.25, 0.3) is 0 Å². The molecule has 0 saturated heterocycles. The monoisotopic (exact) mass is 311 g/mol. The van der Waals surface area contributed by atoms with Gasteiger partial charge >= 0.3 is 5.97 Å². The van der Waals surface area contributed by atoms with Crippen LogP contribution in [0.1, 0.15) is 49.9 Å². The molecule has 0 aromatic heterocycles. The van der Waals surface area contributed by atoms with Gasteiger partial charge in [0, 0.05) is 5.92 Å². The van der Waals surface area contributed by atoms with Crippen LogP contribution in [0.2, 0.25) is 5.02 Å². The summed E-state index contributed by atoms with van der Waals surface area (Å²) in [7, 11) is 1.31. The topological polar surface area (TPSA) is 55.4 Å². The zero-order valence-electron chi connectivity index (χ0n) is 12.7. The lowest BCUT2D eigenvalue weighted by molar-refractivity contribution is -0.120. The fourth-order valence-electron chi connectivity index (χ4n) is 2.07. The summed E-state index contributed by atoms with van der Waals surface area (Å²) in [5.74, 6) is -0.558. The van der Waals surface area contributed by atoms with Gasteiger partial charge < -0.3 is 10.1 Å². The maximum Gasteiger partial charge on any atom is 0.337 e. The van der Waals surface area contributed by atoms with Gasteiger partial charge in [-0.25, -0.2) is 4.79 Å². The van der Waals surface area contributed by atoms with Gasteiger partial charge in [0.15, 0.2) is 0 Å². The predicted octanol–water partition coefficient (Wildman–Crippen LogP) is 4.28. The Morgan fingerprint density at radius 3 is 2.62 bits per heavy atom. The molecule has 0 unspecified atom stereocenters. The third-order valence-corrected chi connectivity index (χ3v) is 3.74. The van der Waals surface area contributed by atoms with E-state index in [9.17, 15) is 9.59 Å². The van der Waals surface area contributed by atoms with Crippen LogP contribution in [0.5, 0.6) is 0 Å². The van der Waals surface area contributed by atoms with Crippen molar-refractivity contribution >= 4 is 29.2 Å². The Bertz CT molecular complexity index is 502. The van der Waals surface area contributed by atoms with Crippen molar-refractivity contribution in [3.05, 3.63) is 28.8 Å². The summed E-state index contributed by atoms with van der Waals surface area (Å²) < 4.78 is 4.66. The highest BCUT2D eigenvalue weighted by Crippen LogP contribution is 2.25. The number of carbonyl (C=O) groups is 2. The van der Waals surface area contributed by atoms with Gasteiger partial charge in [0.05, 0.1) is 23.4 Å². The molecule has 1 rings (SSSR count). The Morgan fingerprint density at radius 1 is 1.33 bits per heavy atom. The molecule has 116 valence electrons. The molecular formula is C16H22ClNO3. The van der Waals surface area contributed by atoms with Crippen LogP contribution in [0.3, 0.4) is 0 Å². The zero-order valence-corrected chi connectivity index (χ0v) is 13.5. The molecule has 4 nitrogen and oxygen atoms in total.